The maximum atomic E-state index is 13.2. The predicted octanol–water partition coefficient (Wildman–Crippen LogP) is 3.72. The molecule has 0 aromatic heterocycles. The van der Waals surface area contributed by atoms with Gasteiger partial charge in [0.1, 0.15) is 17.3 Å². The van der Waals surface area contributed by atoms with Crippen LogP contribution in [-0.2, 0) is 11.3 Å². The van der Waals surface area contributed by atoms with Crippen molar-refractivity contribution < 1.29 is 13.9 Å². The molecule has 2 aromatic rings. The third kappa shape index (κ3) is 4.79. The molecule has 3 rings (SSSR count). The Kier molecular flexibility index (Phi) is 5.66. The smallest absolute Gasteiger partial charge is 0.237 e. The first-order valence-corrected chi connectivity index (χ1v) is 8.62. The van der Waals surface area contributed by atoms with Gasteiger partial charge in [-0.15, -0.1) is 0 Å². The van der Waals surface area contributed by atoms with E-state index in [1.807, 2.05) is 31.3 Å². The molecule has 1 atom stereocenters. The van der Waals surface area contributed by atoms with E-state index in [2.05, 4.69) is 10.2 Å². The molecule has 132 valence electrons. The maximum absolute atomic E-state index is 13.2. The van der Waals surface area contributed by atoms with Crippen LogP contribution in [0.1, 0.15) is 24.8 Å². The third-order valence-electron chi connectivity index (χ3n) is 4.43. The minimum Gasteiger partial charge on any atom is -0.457 e. The van der Waals surface area contributed by atoms with Gasteiger partial charge in [-0.25, -0.2) is 4.39 Å². The van der Waals surface area contributed by atoms with Gasteiger partial charge in [0.2, 0.25) is 5.91 Å². The van der Waals surface area contributed by atoms with Crippen molar-refractivity contribution in [1.82, 2.24) is 10.2 Å². The average molecular weight is 342 g/mol. The predicted molar refractivity (Wildman–Crippen MR) is 95.0 cm³/mol. The van der Waals surface area contributed by atoms with Gasteiger partial charge in [0.05, 0.1) is 6.04 Å². The fourth-order valence-electron chi connectivity index (χ4n) is 3.07. The van der Waals surface area contributed by atoms with Gasteiger partial charge in [-0.05, 0) is 56.1 Å². The van der Waals surface area contributed by atoms with Crippen LogP contribution in [0.15, 0.2) is 48.5 Å². The van der Waals surface area contributed by atoms with E-state index in [4.69, 9.17) is 4.74 Å². The van der Waals surface area contributed by atoms with Gasteiger partial charge in [-0.2, -0.15) is 0 Å². The summed E-state index contributed by atoms with van der Waals surface area (Å²) in [4.78, 5) is 14.2. The molecule has 5 heteroatoms. The first-order chi connectivity index (χ1) is 12.1. The van der Waals surface area contributed by atoms with Crippen molar-refractivity contribution in [3.8, 4) is 11.5 Å². The molecule has 1 fully saturated rings. The fourth-order valence-corrected chi connectivity index (χ4v) is 3.07. The monoisotopic (exact) mass is 342 g/mol. The highest BCUT2D eigenvalue weighted by molar-refractivity contribution is 5.81. The van der Waals surface area contributed by atoms with Crippen molar-refractivity contribution in [3.05, 3.63) is 59.9 Å². The second-order valence-corrected chi connectivity index (χ2v) is 6.42. The van der Waals surface area contributed by atoms with Gasteiger partial charge in [0.25, 0.3) is 0 Å². The Labute approximate surface area is 147 Å². The minimum atomic E-state index is -0.322. The van der Waals surface area contributed by atoms with Crippen molar-refractivity contribution in [2.75, 3.05) is 13.6 Å². The summed E-state index contributed by atoms with van der Waals surface area (Å²) < 4.78 is 18.8. The quantitative estimate of drug-likeness (QED) is 0.900. The van der Waals surface area contributed by atoms with Crippen LogP contribution in [0.25, 0.3) is 0 Å². The van der Waals surface area contributed by atoms with Gasteiger partial charge < -0.3 is 10.1 Å². The largest absolute Gasteiger partial charge is 0.457 e. The fraction of sp³-hybridized carbons (Fsp3) is 0.350. The summed E-state index contributed by atoms with van der Waals surface area (Å²) in [7, 11) is 1.98. The summed E-state index contributed by atoms with van der Waals surface area (Å²) in [5.74, 6) is 0.924. The molecule has 1 unspecified atom stereocenters. The first-order valence-electron chi connectivity index (χ1n) is 8.62. The molecule has 0 radical (unpaired) electrons. The lowest BCUT2D eigenvalue weighted by molar-refractivity contribution is -0.125. The first kappa shape index (κ1) is 17.4. The Morgan fingerprint density at radius 2 is 1.96 bits per heavy atom. The number of hydrogen-bond donors (Lipinski definition) is 1. The van der Waals surface area contributed by atoms with Crippen LogP contribution < -0.4 is 10.1 Å². The third-order valence-corrected chi connectivity index (χ3v) is 4.43. The van der Waals surface area contributed by atoms with Crippen molar-refractivity contribution >= 4 is 5.91 Å². The van der Waals surface area contributed by atoms with E-state index in [-0.39, 0.29) is 17.8 Å². The molecular formula is C20H23FN2O2. The lowest BCUT2D eigenvalue weighted by Gasteiger charge is -2.25. The van der Waals surface area contributed by atoms with Crippen LogP contribution in [-0.4, -0.2) is 30.4 Å². The van der Waals surface area contributed by atoms with Gasteiger partial charge >= 0.3 is 0 Å². The lowest BCUT2D eigenvalue weighted by Crippen LogP contribution is -2.43. The topological polar surface area (TPSA) is 41.6 Å². The van der Waals surface area contributed by atoms with Crippen LogP contribution in [0.5, 0.6) is 11.5 Å². The summed E-state index contributed by atoms with van der Waals surface area (Å²) in [6.07, 6.45) is 3.00. The van der Waals surface area contributed by atoms with Gasteiger partial charge in [0, 0.05) is 19.2 Å². The summed E-state index contributed by atoms with van der Waals surface area (Å²) in [6.45, 7) is 1.47. The van der Waals surface area contributed by atoms with E-state index < -0.39 is 0 Å². The maximum Gasteiger partial charge on any atom is 0.237 e. The Morgan fingerprint density at radius 3 is 2.72 bits per heavy atom. The molecular weight excluding hydrogens is 319 g/mol. The highest BCUT2D eigenvalue weighted by atomic mass is 19.1. The molecule has 25 heavy (non-hydrogen) atoms. The Morgan fingerprint density at radius 1 is 1.16 bits per heavy atom. The number of carbonyl (C=O) groups is 1. The second kappa shape index (κ2) is 8.12. The number of benzene rings is 2. The Bertz CT molecular complexity index is 718. The van der Waals surface area contributed by atoms with Crippen molar-refractivity contribution in [3.63, 3.8) is 0 Å². The number of halogens is 1. The average Bonchev–Trinajstić information content (AvgIpc) is 2.81. The van der Waals surface area contributed by atoms with Crippen molar-refractivity contribution in [2.24, 2.45) is 0 Å². The van der Waals surface area contributed by atoms with Crippen LogP contribution in [0, 0.1) is 5.82 Å². The molecule has 0 saturated carbocycles. The molecule has 1 heterocycles. The zero-order chi connectivity index (χ0) is 17.6. The van der Waals surface area contributed by atoms with Crippen LogP contribution in [0.3, 0.4) is 0 Å². The minimum absolute atomic E-state index is 0.0780. The zero-order valence-corrected chi connectivity index (χ0v) is 14.4. The summed E-state index contributed by atoms with van der Waals surface area (Å²) in [6, 6.07) is 13.7. The molecule has 1 N–H and O–H groups in total. The molecule has 2 aromatic carbocycles. The number of amides is 1. The van der Waals surface area contributed by atoms with E-state index in [0.717, 1.165) is 31.4 Å². The number of ether oxygens (including phenoxy) is 1. The summed E-state index contributed by atoms with van der Waals surface area (Å²) in [5, 5.41) is 2.97. The molecule has 0 aliphatic carbocycles. The van der Waals surface area contributed by atoms with Crippen LogP contribution >= 0.6 is 0 Å². The number of nitrogens with one attached hydrogen (secondary N) is 1. The number of likely N-dealkylation sites (N-methyl/N-ethyl adjacent to an activating group) is 1. The number of carbonyl (C=O) groups excluding carboxylic acids is 1. The molecule has 0 spiro atoms. The van der Waals surface area contributed by atoms with Crippen molar-refractivity contribution in [1.29, 1.82) is 0 Å². The molecule has 0 bridgehead atoms. The molecule has 1 aliphatic rings. The SMILES string of the molecule is CN(Cc1ccc(Oc2cccc(F)c2)cc1)C1CCCCNC1=O. The van der Waals surface area contributed by atoms with Gasteiger partial charge in [-0.3, -0.25) is 9.69 Å². The van der Waals surface area contributed by atoms with Gasteiger partial charge in [0.15, 0.2) is 0 Å². The molecule has 4 nitrogen and oxygen atoms in total. The molecule has 1 aliphatic heterocycles. The number of hydrogen-bond acceptors (Lipinski definition) is 3. The zero-order valence-electron chi connectivity index (χ0n) is 14.4. The standard InChI is InChI=1S/C20H23FN2O2/c1-23(19-7-2-3-12-22-20(19)24)14-15-8-10-17(11-9-15)25-18-6-4-5-16(21)13-18/h4-6,8-11,13,19H,2-3,7,12,14H2,1H3,(H,22,24). The molecule has 1 amide bonds. The van der Waals surface area contributed by atoms with Gasteiger partial charge in [-0.1, -0.05) is 18.2 Å². The second-order valence-electron chi connectivity index (χ2n) is 6.42. The normalized spacial score (nSPS) is 17.9. The van der Waals surface area contributed by atoms with Crippen LogP contribution in [0.2, 0.25) is 0 Å². The summed E-state index contributed by atoms with van der Waals surface area (Å²) in [5.41, 5.74) is 1.10. The van der Waals surface area contributed by atoms with Crippen LogP contribution in [0.4, 0.5) is 4.39 Å². The van der Waals surface area contributed by atoms with E-state index in [1.54, 1.807) is 12.1 Å². The van der Waals surface area contributed by atoms with E-state index in [1.165, 1.54) is 12.1 Å². The highest BCUT2D eigenvalue weighted by Gasteiger charge is 2.24. The number of rotatable bonds is 5. The molecule has 1 saturated heterocycles. The Balaban J connectivity index is 1.61. The van der Waals surface area contributed by atoms with Crippen molar-refractivity contribution in [2.45, 2.75) is 31.8 Å². The lowest BCUT2D eigenvalue weighted by atomic mass is 10.1. The highest BCUT2D eigenvalue weighted by Crippen LogP contribution is 2.23. The van der Waals surface area contributed by atoms with E-state index in [9.17, 15) is 9.18 Å². The van der Waals surface area contributed by atoms with E-state index >= 15 is 0 Å². The number of nitrogens with zero attached hydrogens (tertiary/aromatic N) is 1. The summed E-state index contributed by atoms with van der Waals surface area (Å²) >= 11 is 0. The Hall–Kier alpha value is -2.40. The van der Waals surface area contributed by atoms with E-state index in [0.29, 0.717) is 18.0 Å².